The van der Waals surface area contributed by atoms with Gasteiger partial charge in [0.1, 0.15) is 11.5 Å². The molecule has 0 aliphatic heterocycles. The Balaban J connectivity index is 1.77. The van der Waals surface area contributed by atoms with Gasteiger partial charge in [0, 0.05) is 17.4 Å². The first-order valence-electron chi connectivity index (χ1n) is 7.19. The van der Waals surface area contributed by atoms with Gasteiger partial charge in [-0.15, -0.1) is 0 Å². The van der Waals surface area contributed by atoms with Crippen LogP contribution >= 0.6 is 15.9 Å². The fraction of sp³-hybridized carbons (Fsp3) is 0.375. The Morgan fingerprint density at radius 3 is 2.59 bits per heavy atom. The summed E-state index contributed by atoms with van der Waals surface area (Å²) in [5.41, 5.74) is 0. The van der Waals surface area contributed by atoms with Gasteiger partial charge >= 0.3 is 0 Å². The largest absolute Gasteiger partial charge is 0.464 e. The highest BCUT2D eigenvalue weighted by atomic mass is 79.9. The lowest BCUT2D eigenvalue weighted by Gasteiger charge is -2.16. The first-order valence-corrected chi connectivity index (χ1v) is 9.42. The van der Waals surface area contributed by atoms with Crippen molar-refractivity contribution in [2.75, 3.05) is 7.05 Å². The zero-order valence-electron chi connectivity index (χ0n) is 12.5. The monoisotopic (exact) mass is 383 g/mol. The maximum atomic E-state index is 12.6. The Morgan fingerprint density at radius 1 is 1.27 bits per heavy atom. The van der Waals surface area contributed by atoms with Gasteiger partial charge in [-0.25, -0.2) is 8.42 Å². The number of hydrogen-bond donors (Lipinski definition) is 0. The summed E-state index contributed by atoms with van der Waals surface area (Å²) in [4.78, 5) is 0.264. The second kappa shape index (κ2) is 5.83. The molecule has 1 aromatic carbocycles. The van der Waals surface area contributed by atoms with E-state index in [-0.39, 0.29) is 11.4 Å². The molecule has 0 saturated heterocycles. The zero-order valence-corrected chi connectivity index (χ0v) is 14.9. The number of rotatable bonds is 5. The number of sulfonamides is 1. The van der Waals surface area contributed by atoms with Crippen LogP contribution in [-0.4, -0.2) is 19.8 Å². The summed E-state index contributed by atoms with van der Waals surface area (Å²) in [6.07, 6.45) is 1.15. The van der Waals surface area contributed by atoms with Gasteiger partial charge in [-0.1, -0.05) is 19.1 Å². The minimum absolute atomic E-state index is 0.227. The summed E-state index contributed by atoms with van der Waals surface area (Å²) in [6.45, 7) is 2.42. The zero-order chi connectivity index (χ0) is 15.9. The number of furan rings is 1. The standard InChI is InChI=1S/C16H18BrNO3S/c1-11-9-13(11)15-8-7-12(21-15)10-18(2)22(19,20)16-6-4-3-5-14(16)17/h3-8,11,13H,9-10H2,1-2H3. The predicted molar refractivity (Wildman–Crippen MR) is 88.0 cm³/mol. The van der Waals surface area contributed by atoms with E-state index in [2.05, 4.69) is 22.9 Å². The van der Waals surface area contributed by atoms with Crippen LogP contribution in [-0.2, 0) is 16.6 Å². The van der Waals surface area contributed by atoms with Gasteiger partial charge in [-0.05, 0) is 52.5 Å². The molecule has 1 heterocycles. The third-order valence-electron chi connectivity index (χ3n) is 4.06. The molecule has 0 N–H and O–H groups in total. The minimum Gasteiger partial charge on any atom is -0.464 e. The fourth-order valence-electron chi connectivity index (χ4n) is 2.52. The lowest BCUT2D eigenvalue weighted by atomic mass is 10.3. The Kier molecular flexibility index (Phi) is 4.18. The van der Waals surface area contributed by atoms with Crippen molar-refractivity contribution in [3.8, 4) is 0 Å². The maximum absolute atomic E-state index is 12.6. The van der Waals surface area contributed by atoms with E-state index in [1.807, 2.05) is 12.1 Å². The molecule has 0 spiro atoms. The van der Waals surface area contributed by atoms with Crippen LogP contribution in [0.2, 0.25) is 0 Å². The van der Waals surface area contributed by atoms with Gasteiger partial charge < -0.3 is 4.42 Å². The van der Waals surface area contributed by atoms with Crippen molar-refractivity contribution in [1.29, 1.82) is 0 Å². The fourth-order valence-corrected chi connectivity index (χ4v) is 4.62. The molecule has 22 heavy (non-hydrogen) atoms. The van der Waals surface area contributed by atoms with Crippen LogP contribution in [0.1, 0.15) is 30.8 Å². The van der Waals surface area contributed by atoms with Crippen molar-refractivity contribution in [2.24, 2.45) is 5.92 Å². The number of halogens is 1. The molecular formula is C16H18BrNO3S. The number of hydrogen-bond acceptors (Lipinski definition) is 3. The number of nitrogens with zero attached hydrogens (tertiary/aromatic N) is 1. The van der Waals surface area contributed by atoms with E-state index in [1.165, 1.54) is 4.31 Å². The van der Waals surface area contributed by atoms with E-state index in [9.17, 15) is 8.42 Å². The van der Waals surface area contributed by atoms with Crippen molar-refractivity contribution >= 4 is 26.0 Å². The first kappa shape index (κ1) is 15.8. The van der Waals surface area contributed by atoms with Crippen molar-refractivity contribution in [3.63, 3.8) is 0 Å². The lowest BCUT2D eigenvalue weighted by molar-refractivity contribution is 0.389. The molecule has 2 unspecified atom stereocenters. The molecule has 1 fully saturated rings. The van der Waals surface area contributed by atoms with Gasteiger partial charge in [0.05, 0.1) is 11.4 Å². The molecule has 2 atom stereocenters. The molecule has 118 valence electrons. The summed E-state index contributed by atoms with van der Waals surface area (Å²) in [5.74, 6) is 2.81. The SMILES string of the molecule is CC1CC1c1ccc(CN(C)S(=O)(=O)c2ccccc2Br)o1. The molecule has 1 aliphatic carbocycles. The molecule has 4 nitrogen and oxygen atoms in total. The molecule has 6 heteroatoms. The van der Waals surface area contributed by atoms with Crippen molar-refractivity contribution < 1.29 is 12.8 Å². The van der Waals surface area contributed by atoms with Crippen molar-refractivity contribution in [2.45, 2.75) is 30.7 Å². The normalized spacial score (nSPS) is 21.3. The third kappa shape index (κ3) is 3.00. The Hall–Kier alpha value is -1.11. The van der Waals surface area contributed by atoms with E-state index < -0.39 is 10.0 Å². The second-order valence-corrected chi connectivity index (χ2v) is 8.68. The number of benzene rings is 1. The highest BCUT2D eigenvalue weighted by molar-refractivity contribution is 9.10. The molecule has 0 amide bonds. The van der Waals surface area contributed by atoms with Gasteiger partial charge in [-0.3, -0.25) is 0 Å². The molecule has 1 saturated carbocycles. The molecule has 1 aliphatic rings. The average molecular weight is 384 g/mol. The molecule has 3 rings (SSSR count). The maximum Gasteiger partial charge on any atom is 0.244 e. The topological polar surface area (TPSA) is 50.5 Å². The van der Waals surface area contributed by atoms with Gasteiger partial charge in [-0.2, -0.15) is 4.31 Å². The van der Waals surface area contributed by atoms with E-state index >= 15 is 0 Å². The van der Waals surface area contributed by atoms with E-state index in [1.54, 1.807) is 31.3 Å². The summed E-state index contributed by atoms with van der Waals surface area (Å²) in [6, 6.07) is 10.6. The average Bonchev–Trinajstić information content (AvgIpc) is 3.02. The molecular weight excluding hydrogens is 366 g/mol. The quantitative estimate of drug-likeness (QED) is 0.784. The van der Waals surface area contributed by atoms with Crippen LogP contribution in [0.4, 0.5) is 0 Å². The Morgan fingerprint density at radius 2 is 1.95 bits per heavy atom. The third-order valence-corrected chi connectivity index (χ3v) is 6.88. The van der Waals surface area contributed by atoms with E-state index in [0.29, 0.717) is 22.1 Å². The second-order valence-electron chi connectivity index (χ2n) is 5.82. The van der Waals surface area contributed by atoms with Crippen molar-refractivity contribution in [3.05, 3.63) is 52.4 Å². The van der Waals surface area contributed by atoms with Gasteiger partial charge in [0.25, 0.3) is 0 Å². The van der Waals surface area contributed by atoms with Crippen LogP contribution in [0.15, 0.2) is 50.2 Å². The van der Waals surface area contributed by atoms with Crippen LogP contribution in [0.25, 0.3) is 0 Å². The smallest absolute Gasteiger partial charge is 0.244 e. The van der Waals surface area contributed by atoms with E-state index in [0.717, 1.165) is 12.2 Å². The van der Waals surface area contributed by atoms with Crippen LogP contribution in [0, 0.1) is 5.92 Å². The summed E-state index contributed by atoms with van der Waals surface area (Å²) < 4.78 is 32.9. The van der Waals surface area contributed by atoms with Crippen molar-refractivity contribution in [1.82, 2.24) is 4.31 Å². The van der Waals surface area contributed by atoms with Crippen LogP contribution in [0.5, 0.6) is 0 Å². The first-order chi connectivity index (χ1) is 10.4. The summed E-state index contributed by atoms with van der Waals surface area (Å²) in [5, 5.41) is 0. The Labute approximate surface area is 139 Å². The molecule has 2 aromatic rings. The molecule has 1 aromatic heterocycles. The van der Waals surface area contributed by atoms with Gasteiger partial charge in [0.2, 0.25) is 10.0 Å². The lowest BCUT2D eigenvalue weighted by Crippen LogP contribution is -2.26. The summed E-state index contributed by atoms with van der Waals surface area (Å²) >= 11 is 3.29. The van der Waals surface area contributed by atoms with Crippen LogP contribution < -0.4 is 0 Å². The van der Waals surface area contributed by atoms with Gasteiger partial charge in [0.15, 0.2) is 0 Å². The Bertz CT molecular complexity index is 784. The highest BCUT2D eigenvalue weighted by Gasteiger charge is 2.36. The minimum atomic E-state index is -3.55. The molecule has 0 radical (unpaired) electrons. The molecule has 0 bridgehead atoms. The van der Waals surface area contributed by atoms with E-state index in [4.69, 9.17) is 4.42 Å². The van der Waals surface area contributed by atoms with Crippen LogP contribution in [0.3, 0.4) is 0 Å². The predicted octanol–water partition coefficient (Wildman–Crippen LogP) is 3.99. The highest BCUT2D eigenvalue weighted by Crippen LogP contribution is 2.47. The summed E-state index contributed by atoms with van der Waals surface area (Å²) in [7, 11) is -1.98.